The minimum atomic E-state index is -4.15. The topological polar surface area (TPSA) is 96.0 Å². The number of halogens is 1. The first-order valence-corrected chi connectivity index (χ1v) is 15.3. The van der Waals surface area contributed by atoms with Crippen LogP contribution in [0.5, 0.6) is 5.75 Å². The lowest BCUT2D eigenvalue weighted by Crippen LogP contribution is -2.50. The molecule has 8 nitrogen and oxygen atoms in total. The summed E-state index contributed by atoms with van der Waals surface area (Å²) in [6, 6.07) is 19.0. The van der Waals surface area contributed by atoms with Crippen LogP contribution in [0.15, 0.2) is 82.6 Å². The van der Waals surface area contributed by atoms with E-state index in [1.54, 1.807) is 67.6 Å². The first-order chi connectivity index (χ1) is 18.6. The Bertz CT molecular complexity index is 1370. The van der Waals surface area contributed by atoms with Gasteiger partial charge < -0.3 is 15.0 Å². The van der Waals surface area contributed by atoms with E-state index in [2.05, 4.69) is 5.32 Å². The predicted octanol–water partition coefficient (Wildman–Crippen LogP) is 4.82. The number of anilines is 1. The lowest BCUT2D eigenvalue weighted by Gasteiger charge is -2.31. The molecule has 0 saturated carbocycles. The molecule has 0 aromatic heterocycles. The maximum absolute atomic E-state index is 13.9. The summed E-state index contributed by atoms with van der Waals surface area (Å²) in [6.45, 7) is 3.48. The normalized spacial score (nSPS) is 11.9. The maximum Gasteiger partial charge on any atom is 0.264 e. The summed E-state index contributed by atoms with van der Waals surface area (Å²) >= 11 is 7.51. The van der Waals surface area contributed by atoms with Crippen molar-refractivity contribution in [2.75, 3.05) is 30.8 Å². The van der Waals surface area contributed by atoms with Gasteiger partial charge in [0.2, 0.25) is 11.8 Å². The van der Waals surface area contributed by atoms with Crippen molar-refractivity contribution in [2.45, 2.75) is 36.2 Å². The van der Waals surface area contributed by atoms with E-state index in [1.807, 2.05) is 13.2 Å². The first kappa shape index (κ1) is 30.3. The molecule has 39 heavy (non-hydrogen) atoms. The number of thioether (sulfide) groups is 1. The van der Waals surface area contributed by atoms with Crippen LogP contribution in [0.1, 0.15) is 19.4 Å². The SMILES string of the molecule is CCOc1ccc(N(CC(=O)N(Cc2ccc(Cl)cc2)C(C)C(=O)NC)S(=O)(=O)c2ccc(SC)cc2)cc1. The third-order valence-corrected chi connectivity index (χ3v) is 8.83. The molecule has 0 aliphatic heterocycles. The van der Waals surface area contributed by atoms with Crippen LogP contribution in [-0.4, -0.2) is 57.6 Å². The predicted molar refractivity (Wildman–Crippen MR) is 156 cm³/mol. The van der Waals surface area contributed by atoms with E-state index in [9.17, 15) is 18.0 Å². The van der Waals surface area contributed by atoms with Crippen LogP contribution in [0.4, 0.5) is 5.69 Å². The number of carbonyl (C=O) groups is 2. The Morgan fingerprint density at radius 1 is 1.00 bits per heavy atom. The van der Waals surface area contributed by atoms with Crippen LogP contribution in [0.2, 0.25) is 5.02 Å². The van der Waals surface area contributed by atoms with E-state index in [1.165, 1.54) is 35.8 Å². The van der Waals surface area contributed by atoms with Gasteiger partial charge in [-0.2, -0.15) is 0 Å². The van der Waals surface area contributed by atoms with Gasteiger partial charge in [0.15, 0.2) is 0 Å². The van der Waals surface area contributed by atoms with Crippen molar-refractivity contribution in [2.24, 2.45) is 0 Å². The standard InChI is InChI=1S/C28H32ClN3O5S2/c1-5-37-24-12-10-23(11-13-24)32(39(35,36)26-16-14-25(38-4)15-17-26)19-27(33)31(20(2)28(34)30-3)18-21-6-8-22(29)9-7-21/h6-17,20H,5,18-19H2,1-4H3,(H,30,34). The second kappa shape index (κ2) is 13.7. The molecule has 0 spiro atoms. The highest BCUT2D eigenvalue weighted by Crippen LogP contribution is 2.28. The second-order valence-electron chi connectivity index (χ2n) is 8.55. The number of nitrogens with zero attached hydrogens (tertiary/aromatic N) is 2. The molecule has 0 bridgehead atoms. The molecule has 208 valence electrons. The quantitative estimate of drug-likeness (QED) is 0.304. The fourth-order valence-electron chi connectivity index (χ4n) is 3.86. The first-order valence-electron chi connectivity index (χ1n) is 12.3. The third kappa shape index (κ3) is 7.68. The van der Waals surface area contributed by atoms with Crippen LogP contribution < -0.4 is 14.4 Å². The number of rotatable bonds is 12. The number of carbonyl (C=O) groups excluding carboxylic acids is 2. The molecule has 0 aliphatic rings. The summed E-state index contributed by atoms with van der Waals surface area (Å²) < 4.78 is 34.3. The molecular formula is C28H32ClN3O5S2. The molecule has 0 heterocycles. The van der Waals surface area contributed by atoms with Crippen LogP contribution in [0, 0.1) is 0 Å². The number of amides is 2. The van der Waals surface area contributed by atoms with Crippen LogP contribution >= 0.6 is 23.4 Å². The van der Waals surface area contributed by atoms with Crippen molar-refractivity contribution in [3.63, 3.8) is 0 Å². The summed E-state index contributed by atoms with van der Waals surface area (Å²) in [5.41, 5.74) is 1.03. The van der Waals surface area contributed by atoms with Gasteiger partial charge in [-0.15, -0.1) is 11.8 Å². The van der Waals surface area contributed by atoms with Crippen molar-refractivity contribution in [3.05, 3.63) is 83.4 Å². The summed E-state index contributed by atoms with van der Waals surface area (Å²) in [5.74, 6) is -0.341. The Morgan fingerprint density at radius 2 is 1.62 bits per heavy atom. The number of hydrogen-bond acceptors (Lipinski definition) is 6. The zero-order valence-corrected chi connectivity index (χ0v) is 24.6. The van der Waals surface area contributed by atoms with Gasteiger partial charge in [-0.05, 0) is 86.3 Å². The van der Waals surface area contributed by atoms with Crippen LogP contribution in [-0.2, 0) is 26.2 Å². The number of nitrogens with one attached hydrogen (secondary N) is 1. The number of ether oxygens (including phenoxy) is 1. The second-order valence-corrected chi connectivity index (χ2v) is 11.7. The fraction of sp³-hybridized carbons (Fsp3) is 0.286. The number of sulfonamides is 1. The molecule has 1 unspecified atom stereocenters. The molecule has 3 aromatic rings. The Kier molecular flexibility index (Phi) is 10.7. The Labute approximate surface area is 239 Å². The van der Waals surface area contributed by atoms with Crippen molar-refractivity contribution >= 4 is 50.9 Å². The van der Waals surface area contributed by atoms with Gasteiger partial charge in [0.1, 0.15) is 18.3 Å². The van der Waals surface area contributed by atoms with Crippen molar-refractivity contribution in [1.82, 2.24) is 10.2 Å². The summed E-state index contributed by atoms with van der Waals surface area (Å²) in [6.07, 6.45) is 1.90. The van der Waals surface area contributed by atoms with Gasteiger partial charge in [-0.3, -0.25) is 13.9 Å². The molecule has 11 heteroatoms. The van der Waals surface area contributed by atoms with Gasteiger partial charge >= 0.3 is 0 Å². The lowest BCUT2D eigenvalue weighted by molar-refractivity contribution is -0.139. The summed E-state index contributed by atoms with van der Waals surface area (Å²) in [5, 5.41) is 3.10. The highest BCUT2D eigenvalue weighted by atomic mass is 35.5. The van der Waals surface area contributed by atoms with Gasteiger partial charge in [-0.1, -0.05) is 23.7 Å². The fourth-order valence-corrected chi connectivity index (χ4v) is 5.81. The number of benzene rings is 3. The Morgan fingerprint density at radius 3 is 2.15 bits per heavy atom. The Hall–Kier alpha value is -3.21. The molecular weight excluding hydrogens is 558 g/mol. The molecule has 0 aliphatic carbocycles. The average Bonchev–Trinajstić information content (AvgIpc) is 2.95. The number of hydrogen-bond donors (Lipinski definition) is 1. The van der Waals surface area contributed by atoms with Gasteiger partial charge in [0.25, 0.3) is 10.0 Å². The van der Waals surface area contributed by atoms with Crippen molar-refractivity contribution in [3.8, 4) is 5.75 Å². The molecule has 3 rings (SSSR count). The molecule has 3 aromatic carbocycles. The minimum Gasteiger partial charge on any atom is -0.494 e. The monoisotopic (exact) mass is 589 g/mol. The minimum absolute atomic E-state index is 0.0468. The van der Waals surface area contributed by atoms with Gasteiger partial charge in [0, 0.05) is 23.5 Å². The van der Waals surface area contributed by atoms with E-state index in [-0.39, 0.29) is 17.3 Å². The zero-order chi connectivity index (χ0) is 28.6. The zero-order valence-electron chi connectivity index (χ0n) is 22.3. The summed E-state index contributed by atoms with van der Waals surface area (Å²) in [4.78, 5) is 28.7. The van der Waals surface area contributed by atoms with Crippen LogP contribution in [0.3, 0.4) is 0 Å². The average molecular weight is 590 g/mol. The highest BCUT2D eigenvalue weighted by molar-refractivity contribution is 7.98. The van der Waals surface area contributed by atoms with E-state index in [0.29, 0.717) is 23.1 Å². The maximum atomic E-state index is 13.9. The van der Waals surface area contributed by atoms with Gasteiger partial charge in [-0.25, -0.2) is 8.42 Å². The van der Waals surface area contributed by atoms with E-state index >= 15 is 0 Å². The molecule has 2 amide bonds. The smallest absolute Gasteiger partial charge is 0.264 e. The molecule has 1 atom stereocenters. The molecule has 0 radical (unpaired) electrons. The molecule has 1 N–H and O–H groups in total. The Balaban J connectivity index is 2.02. The molecule has 0 fully saturated rings. The van der Waals surface area contributed by atoms with E-state index in [4.69, 9.17) is 16.3 Å². The number of likely N-dealkylation sites (N-methyl/N-ethyl adjacent to an activating group) is 1. The van der Waals surface area contributed by atoms with E-state index < -0.39 is 28.5 Å². The third-order valence-electron chi connectivity index (χ3n) is 6.04. The van der Waals surface area contributed by atoms with Crippen molar-refractivity contribution < 1.29 is 22.7 Å². The van der Waals surface area contributed by atoms with Crippen LogP contribution in [0.25, 0.3) is 0 Å². The van der Waals surface area contributed by atoms with Crippen molar-refractivity contribution in [1.29, 1.82) is 0 Å². The highest BCUT2D eigenvalue weighted by Gasteiger charge is 2.32. The lowest BCUT2D eigenvalue weighted by atomic mass is 10.1. The largest absolute Gasteiger partial charge is 0.494 e. The van der Waals surface area contributed by atoms with Gasteiger partial charge in [0.05, 0.1) is 17.2 Å². The molecule has 0 saturated heterocycles. The summed E-state index contributed by atoms with van der Waals surface area (Å²) in [7, 11) is -2.66. The van der Waals surface area contributed by atoms with E-state index in [0.717, 1.165) is 14.8 Å².